The number of carboxylic acid groups (broad SMARTS) is 1. The molecule has 0 aliphatic carbocycles. The fourth-order valence-electron chi connectivity index (χ4n) is 3.22. The molecule has 1 aromatic rings. The minimum Gasteiger partial charge on any atom is -0.480 e. The number of aryl methyl sites for hydroxylation is 1. The summed E-state index contributed by atoms with van der Waals surface area (Å²) in [5.41, 5.74) is 0.991. The molecule has 0 bridgehead atoms. The van der Waals surface area contributed by atoms with Gasteiger partial charge >= 0.3 is 5.97 Å². The molecule has 1 aliphatic heterocycles. The third-order valence-corrected chi connectivity index (χ3v) is 6.65. The number of sulfonamides is 1. The van der Waals surface area contributed by atoms with Gasteiger partial charge in [0, 0.05) is 19.1 Å². The van der Waals surface area contributed by atoms with E-state index >= 15 is 0 Å². The van der Waals surface area contributed by atoms with E-state index in [-0.39, 0.29) is 17.5 Å². The van der Waals surface area contributed by atoms with Gasteiger partial charge in [0.2, 0.25) is 10.0 Å². The minimum absolute atomic E-state index is 0.0495. The molecule has 0 amide bonds. The zero-order valence-corrected chi connectivity index (χ0v) is 15.3. The van der Waals surface area contributed by atoms with Crippen LogP contribution in [-0.2, 0) is 14.8 Å². The lowest BCUT2D eigenvalue weighted by molar-refractivity contribution is -0.138. The highest BCUT2D eigenvalue weighted by molar-refractivity contribution is 7.89. The second-order valence-corrected chi connectivity index (χ2v) is 8.30. The van der Waals surface area contributed by atoms with E-state index < -0.39 is 16.0 Å². The number of hydrogen-bond acceptors (Lipinski definition) is 5. The van der Waals surface area contributed by atoms with Crippen LogP contribution in [0.15, 0.2) is 23.1 Å². The van der Waals surface area contributed by atoms with Gasteiger partial charge in [-0.05, 0) is 57.0 Å². The molecule has 0 spiro atoms. The van der Waals surface area contributed by atoms with Crippen LogP contribution in [0, 0.1) is 18.3 Å². The van der Waals surface area contributed by atoms with Gasteiger partial charge in [-0.15, -0.1) is 0 Å². The molecule has 1 saturated heterocycles. The molecule has 2 rings (SSSR count). The molecule has 1 fully saturated rings. The number of nitrogens with zero attached hydrogens (tertiary/aromatic N) is 3. The number of likely N-dealkylation sites (N-methyl/N-ethyl adjacent to an activating group) is 1. The van der Waals surface area contributed by atoms with Gasteiger partial charge in [0.15, 0.2) is 0 Å². The fraction of sp³-hybridized carbons (Fsp3) is 0.529. The van der Waals surface area contributed by atoms with Crippen LogP contribution in [0.1, 0.15) is 30.4 Å². The van der Waals surface area contributed by atoms with Crippen molar-refractivity contribution < 1.29 is 18.3 Å². The third-order valence-electron chi connectivity index (χ3n) is 4.59. The number of nitriles is 1. The lowest BCUT2D eigenvalue weighted by Gasteiger charge is -2.25. The normalized spacial score (nSPS) is 19.4. The first-order valence-corrected chi connectivity index (χ1v) is 9.62. The molecule has 1 unspecified atom stereocenters. The van der Waals surface area contributed by atoms with Gasteiger partial charge in [0.05, 0.1) is 23.1 Å². The molecule has 136 valence electrons. The molecule has 0 saturated carbocycles. The SMILES string of the molecule is Cc1cc(C#N)ccc1S(=O)(=O)N1CCCC(N(C)CC(=O)O)CC1. The molecule has 0 aromatic heterocycles. The number of benzene rings is 1. The first-order chi connectivity index (χ1) is 11.8. The van der Waals surface area contributed by atoms with Crippen LogP contribution in [0.25, 0.3) is 0 Å². The Morgan fingerprint density at radius 1 is 1.40 bits per heavy atom. The average molecular weight is 365 g/mol. The van der Waals surface area contributed by atoms with E-state index in [0.29, 0.717) is 37.1 Å². The maximum absolute atomic E-state index is 13.0. The topological polar surface area (TPSA) is 102 Å². The molecular weight excluding hydrogens is 342 g/mol. The summed E-state index contributed by atoms with van der Waals surface area (Å²) in [6.45, 7) is 2.41. The van der Waals surface area contributed by atoms with Crippen molar-refractivity contribution in [2.75, 3.05) is 26.7 Å². The summed E-state index contributed by atoms with van der Waals surface area (Å²) in [6, 6.07) is 6.64. The predicted octanol–water partition coefficient (Wildman–Crippen LogP) is 1.43. The van der Waals surface area contributed by atoms with Gasteiger partial charge in [-0.25, -0.2) is 8.42 Å². The van der Waals surface area contributed by atoms with Crippen LogP contribution in [0.5, 0.6) is 0 Å². The van der Waals surface area contributed by atoms with E-state index in [1.54, 1.807) is 24.9 Å². The van der Waals surface area contributed by atoms with Gasteiger partial charge < -0.3 is 5.11 Å². The number of carboxylic acids is 1. The van der Waals surface area contributed by atoms with Crippen LogP contribution >= 0.6 is 0 Å². The molecule has 1 aromatic carbocycles. The average Bonchev–Trinajstić information content (AvgIpc) is 2.80. The maximum atomic E-state index is 13.0. The first kappa shape index (κ1) is 19.4. The zero-order chi connectivity index (χ0) is 18.6. The van der Waals surface area contributed by atoms with Crippen LogP contribution in [0.4, 0.5) is 0 Å². The predicted molar refractivity (Wildman–Crippen MR) is 92.6 cm³/mol. The van der Waals surface area contributed by atoms with Crippen LogP contribution < -0.4 is 0 Å². The molecule has 25 heavy (non-hydrogen) atoms. The highest BCUT2D eigenvalue weighted by Crippen LogP contribution is 2.25. The lowest BCUT2D eigenvalue weighted by Crippen LogP contribution is -2.37. The molecule has 1 heterocycles. The smallest absolute Gasteiger partial charge is 0.317 e. The number of carbonyl (C=O) groups is 1. The summed E-state index contributed by atoms with van der Waals surface area (Å²) in [4.78, 5) is 12.9. The van der Waals surface area contributed by atoms with Crippen LogP contribution in [0.2, 0.25) is 0 Å². The lowest BCUT2D eigenvalue weighted by atomic mass is 10.1. The monoisotopic (exact) mass is 365 g/mol. The summed E-state index contributed by atoms with van der Waals surface area (Å²) >= 11 is 0. The Labute approximate surface area is 148 Å². The standard InChI is InChI=1S/C17H23N3O4S/c1-13-10-14(11-18)5-6-16(13)25(23,24)20-8-3-4-15(7-9-20)19(2)12-17(21)22/h5-6,10,15H,3-4,7-9,12H2,1-2H3,(H,21,22). The van der Waals surface area contributed by atoms with Crippen molar-refractivity contribution >= 4 is 16.0 Å². The Morgan fingerprint density at radius 2 is 2.12 bits per heavy atom. The third kappa shape index (κ3) is 4.57. The van der Waals surface area contributed by atoms with E-state index in [1.807, 2.05) is 6.07 Å². The van der Waals surface area contributed by atoms with E-state index in [2.05, 4.69) is 0 Å². The summed E-state index contributed by atoms with van der Waals surface area (Å²) in [5, 5.41) is 17.8. The maximum Gasteiger partial charge on any atom is 0.317 e. The van der Waals surface area contributed by atoms with Crippen molar-refractivity contribution in [1.29, 1.82) is 5.26 Å². The van der Waals surface area contributed by atoms with Gasteiger partial charge in [-0.3, -0.25) is 9.69 Å². The Bertz CT molecular complexity index is 786. The summed E-state index contributed by atoms with van der Waals surface area (Å²) in [7, 11) is -1.87. The second-order valence-electron chi connectivity index (χ2n) is 6.39. The number of hydrogen-bond donors (Lipinski definition) is 1. The van der Waals surface area contributed by atoms with Crippen LogP contribution in [-0.4, -0.2) is 61.4 Å². The van der Waals surface area contributed by atoms with Gasteiger partial charge in [0.25, 0.3) is 0 Å². The highest BCUT2D eigenvalue weighted by Gasteiger charge is 2.30. The molecule has 8 heteroatoms. The minimum atomic E-state index is -3.62. The Hall–Kier alpha value is -1.95. The van der Waals surface area contributed by atoms with Gasteiger partial charge in [-0.2, -0.15) is 9.57 Å². The van der Waals surface area contributed by atoms with E-state index in [0.717, 1.165) is 6.42 Å². The summed E-state index contributed by atoms with van der Waals surface area (Å²) in [5.74, 6) is -0.885. The Balaban J connectivity index is 2.16. The van der Waals surface area contributed by atoms with Crippen molar-refractivity contribution in [2.24, 2.45) is 0 Å². The number of aliphatic carboxylic acids is 1. The first-order valence-electron chi connectivity index (χ1n) is 8.18. The quantitative estimate of drug-likeness (QED) is 0.847. The van der Waals surface area contributed by atoms with Crippen molar-refractivity contribution in [1.82, 2.24) is 9.21 Å². The molecular formula is C17H23N3O4S. The summed E-state index contributed by atoms with van der Waals surface area (Å²) in [6.07, 6.45) is 2.05. The van der Waals surface area contributed by atoms with Crippen molar-refractivity contribution in [3.8, 4) is 6.07 Å². The molecule has 1 aliphatic rings. The molecule has 1 atom stereocenters. The highest BCUT2D eigenvalue weighted by atomic mass is 32.2. The van der Waals surface area contributed by atoms with E-state index in [4.69, 9.17) is 10.4 Å². The van der Waals surface area contributed by atoms with Gasteiger partial charge in [0.1, 0.15) is 0 Å². The molecule has 1 N–H and O–H groups in total. The number of rotatable bonds is 5. The second kappa shape index (κ2) is 7.95. The largest absolute Gasteiger partial charge is 0.480 e. The molecule has 0 radical (unpaired) electrons. The fourth-order valence-corrected chi connectivity index (χ4v) is 4.92. The Morgan fingerprint density at radius 3 is 2.72 bits per heavy atom. The van der Waals surface area contributed by atoms with Crippen molar-refractivity contribution in [2.45, 2.75) is 37.1 Å². The van der Waals surface area contributed by atoms with E-state index in [9.17, 15) is 13.2 Å². The summed E-state index contributed by atoms with van der Waals surface area (Å²) < 4.78 is 27.4. The van der Waals surface area contributed by atoms with Crippen molar-refractivity contribution in [3.05, 3.63) is 29.3 Å². The Kier molecular flexibility index (Phi) is 6.16. The van der Waals surface area contributed by atoms with E-state index in [1.165, 1.54) is 16.4 Å². The van der Waals surface area contributed by atoms with Crippen molar-refractivity contribution in [3.63, 3.8) is 0 Å². The molecule has 7 nitrogen and oxygen atoms in total. The zero-order valence-electron chi connectivity index (χ0n) is 14.5. The van der Waals surface area contributed by atoms with Gasteiger partial charge in [-0.1, -0.05) is 0 Å². The van der Waals surface area contributed by atoms with Crippen LogP contribution in [0.3, 0.4) is 0 Å².